The maximum atomic E-state index is 13.3. The van der Waals surface area contributed by atoms with Crippen LogP contribution in [0.15, 0.2) is 42.0 Å². The largest absolute Gasteiger partial charge is 0.507 e. The molecule has 1 unspecified atom stereocenters. The van der Waals surface area contributed by atoms with Gasteiger partial charge < -0.3 is 33.9 Å². The highest BCUT2D eigenvalue weighted by molar-refractivity contribution is 6.46. The third-order valence-electron chi connectivity index (χ3n) is 6.40. The number of carbonyl (C=O) groups is 2. The van der Waals surface area contributed by atoms with Crippen molar-refractivity contribution in [3.63, 3.8) is 0 Å². The van der Waals surface area contributed by atoms with Crippen LogP contribution >= 0.6 is 0 Å². The molecule has 2 aliphatic heterocycles. The van der Waals surface area contributed by atoms with Crippen molar-refractivity contribution in [3.8, 4) is 23.0 Å². The molecule has 2 aromatic carbocycles. The summed E-state index contributed by atoms with van der Waals surface area (Å²) in [6, 6.07) is 9.51. The van der Waals surface area contributed by atoms with Gasteiger partial charge in [0.15, 0.2) is 23.0 Å². The van der Waals surface area contributed by atoms with Crippen LogP contribution in [-0.4, -0.2) is 80.7 Å². The number of Topliss-reactive ketones (excluding diaryl/α,β-unsaturated/α-hetero) is 1. The van der Waals surface area contributed by atoms with Gasteiger partial charge in [0, 0.05) is 18.7 Å². The van der Waals surface area contributed by atoms with Gasteiger partial charge in [-0.2, -0.15) is 0 Å². The first-order valence-electron chi connectivity index (χ1n) is 12.5. The number of hydrogen-bond acceptors (Lipinski definition) is 8. The van der Waals surface area contributed by atoms with Crippen LogP contribution in [0.3, 0.4) is 0 Å². The van der Waals surface area contributed by atoms with Crippen LogP contribution in [0.1, 0.15) is 36.9 Å². The fraction of sp³-hybridized carbons (Fsp3) is 0.429. The number of likely N-dealkylation sites (tertiary alicyclic amines) is 1. The second kappa shape index (κ2) is 11.6. The minimum atomic E-state index is -0.799. The van der Waals surface area contributed by atoms with Crippen LogP contribution < -0.4 is 18.9 Å². The number of methoxy groups -OCH3 is 1. The minimum Gasteiger partial charge on any atom is -0.507 e. The average Bonchev–Trinajstić information content (AvgIpc) is 3.16. The quantitative estimate of drug-likeness (QED) is 0.224. The van der Waals surface area contributed by atoms with Crippen molar-refractivity contribution >= 4 is 17.4 Å². The van der Waals surface area contributed by atoms with Crippen molar-refractivity contribution in [2.45, 2.75) is 25.8 Å². The number of amides is 1. The molecule has 0 saturated carbocycles. The number of aliphatic hydroxyl groups is 1. The standard InChI is InChI=1S/C28H34N2O7/c1-5-6-13-35-20-9-7-18(16-22(20)34-4)25-24(27(32)28(33)30(25)12-11-29(2)3)26(31)19-8-10-21-23(17-19)37-15-14-36-21/h7-10,16-17,25,31H,5-6,11-15H2,1-4H3/b26-24+. The normalized spacial score (nSPS) is 18.4. The third kappa shape index (κ3) is 5.51. The highest BCUT2D eigenvalue weighted by Gasteiger charge is 2.46. The Balaban J connectivity index is 1.79. The van der Waals surface area contributed by atoms with Gasteiger partial charge in [0.25, 0.3) is 11.7 Å². The maximum Gasteiger partial charge on any atom is 0.295 e. The van der Waals surface area contributed by atoms with Crippen LogP contribution in [0.4, 0.5) is 0 Å². The number of hydrogen-bond donors (Lipinski definition) is 1. The maximum absolute atomic E-state index is 13.3. The van der Waals surface area contributed by atoms with Gasteiger partial charge in [-0.1, -0.05) is 19.4 Å². The summed E-state index contributed by atoms with van der Waals surface area (Å²) in [6.45, 7) is 4.31. The lowest BCUT2D eigenvalue weighted by molar-refractivity contribution is -0.140. The molecule has 37 heavy (non-hydrogen) atoms. The summed E-state index contributed by atoms with van der Waals surface area (Å²) < 4.78 is 22.7. The lowest BCUT2D eigenvalue weighted by Gasteiger charge is -2.27. The van der Waals surface area contributed by atoms with Gasteiger partial charge in [0.1, 0.15) is 19.0 Å². The van der Waals surface area contributed by atoms with E-state index in [1.54, 1.807) is 43.5 Å². The predicted octanol–water partition coefficient (Wildman–Crippen LogP) is 3.63. The zero-order valence-corrected chi connectivity index (χ0v) is 21.8. The lowest BCUT2D eigenvalue weighted by Crippen LogP contribution is -2.35. The molecule has 2 aliphatic rings. The van der Waals surface area contributed by atoms with Gasteiger partial charge in [-0.05, 0) is 56.4 Å². The zero-order valence-electron chi connectivity index (χ0n) is 21.8. The van der Waals surface area contributed by atoms with E-state index in [1.807, 2.05) is 19.0 Å². The molecule has 1 fully saturated rings. The highest BCUT2D eigenvalue weighted by atomic mass is 16.6. The Morgan fingerprint density at radius 2 is 1.84 bits per heavy atom. The van der Waals surface area contributed by atoms with E-state index < -0.39 is 17.7 Å². The molecule has 1 atom stereocenters. The van der Waals surface area contributed by atoms with E-state index >= 15 is 0 Å². The molecule has 2 aromatic rings. The number of benzene rings is 2. The van der Waals surface area contributed by atoms with Crippen molar-refractivity contribution in [1.29, 1.82) is 0 Å². The molecule has 0 aromatic heterocycles. The average molecular weight is 511 g/mol. The van der Waals surface area contributed by atoms with Gasteiger partial charge in [-0.25, -0.2) is 0 Å². The number of fused-ring (bicyclic) bond motifs is 1. The van der Waals surface area contributed by atoms with Gasteiger partial charge in [-0.3, -0.25) is 9.59 Å². The van der Waals surface area contributed by atoms with Crippen LogP contribution in [0.25, 0.3) is 5.76 Å². The van der Waals surface area contributed by atoms with Gasteiger partial charge in [0.2, 0.25) is 0 Å². The van der Waals surface area contributed by atoms with Gasteiger partial charge in [-0.15, -0.1) is 0 Å². The van der Waals surface area contributed by atoms with Crippen LogP contribution in [0.2, 0.25) is 0 Å². The first-order chi connectivity index (χ1) is 17.8. The predicted molar refractivity (Wildman–Crippen MR) is 138 cm³/mol. The van der Waals surface area contributed by atoms with Crippen molar-refractivity contribution in [1.82, 2.24) is 9.80 Å². The highest BCUT2D eigenvalue weighted by Crippen LogP contribution is 2.43. The minimum absolute atomic E-state index is 0.0159. The molecule has 1 N–H and O–H groups in total. The molecule has 2 heterocycles. The van der Waals surface area contributed by atoms with Crippen LogP contribution in [0, 0.1) is 0 Å². The molecule has 9 heteroatoms. The molecule has 0 bridgehead atoms. The Morgan fingerprint density at radius 1 is 1.08 bits per heavy atom. The van der Waals surface area contributed by atoms with E-state index in [4.69, 9.17) is 18.9 Å². The molecule has 198 valence electrons. The first-order valence-corrected chi connectivity index (χ1v) is 12.5. The van der Waals surface area contributed by atoms with Crippen LogP contribution in [0.5, 0.6) is 23.0 Å². The van der Waals surface area contributed by atoms with Crippen LogP contribution in [-0.2, 0) is 9.59 Å². The number of ketones is 1. The Labute approximate surface area is 217 Å². The SMILES string of the molecule is CCCCOc1ccc(C2/C(=C(\O)c3ccc4c(c3)OCCO4)C(=O)C(=O)N2CCN(C)C)cc1OC. The van der Waals surface area contributed by atoms with Gasteiger partial charge in [0.05, 0.1) is 25.3 Å². The smallest absolute Gasteiger partial charge is 0.295 e. The number of likely N-dealkylation sites (N-methyl/N-ethyl adjacent to an activating group) is 1. The molecule has 1 amide bonds. The number of ether oxygens (including phenoxy) is 4. The number of nitrogens with zero attached hydrogens (tertiary/aromatic N) is 2. The van der Waals surface area contributed by atoms with E-state index in [-0.39, 0.29) is 11.3 Å². The summed E-state index contributed by atoms with van der Waals surface area (Å²) in [5.41, 5.74) is 1.02. The topological polar surface area (TPSA) is 97.8 Å². The van der Waals surface area contributed by atoms with E-state index in [2.05, 4.69) is 6.92 Å². The van der Waals surface area contributed by atoms with Gasteiger partial charge >= 0.3 is 0 Å². The second-order valence-electron chi connectivity index (χ2n) is 9.27. The Kier molecular flexibility index (Phi) is 8.23. The molecule has 0 spiro atoms. The lowest BCUT2D eigenvalue weighted by atomic mass is 9.94. The first kappa shape index (κ1) is 26.3. The summed E-state index contributed by atoms with van der Waals surface area (Å²) in [7, 11) is 5.34. The molecule has 4 rings (SSSR count). The molecule has 9 nitrogen and oxygen atoms in total. The summed E-state index contributed by atoms with van der Waals surface area (Å²) in [6.07, 6.45) is 1.91. The number of carbonyl (C=O) groups excluding carboxylic acids is 2. The van der Waals surface area contributed by atoms with E-state index in [0.717, 1.165) is 12.8 Å². The van der Waals surface area contributed by atoms with Crippen molar-refractivity contribution in [2.75, 3.05) is 54.1 Å². The van der Waals surface area contributed by atoms with E-state index in [0.29, 0.717) is 67.0 Å². The molecule has 0 aliphatic carbocycles. The number of aliphatic hydroxyl groups excluding tert-OH is 1. The monoisotopic (exact) mass is 510 g/mol. The summed E-state index contributed by atoms with van der Waals surface area (Å²) >= 11 is 0. The zero-order chi connectivity index (χ0) is 26.5. The van der Waals surface area contributed by atoms with Crippen molar-refractivity contribution in [3.05, 3.63) is 53.1 Å². The molecule has 1 saturated heterocycles. The fourth-order valence-electron chi connectivity index (χ4n) is 4.41. The summed E-state index contributed by atoms with van der Waals surface area (Å²) in [5.74, 6) is 0.447. The van der Waals surface area contributed by atoms with E-state index in [9.17, 15) is 14.7 Å². The second-order valence-corrected chi connectivity index (χ2v) is 9.27. The Morgan fingerprint density at radius 3 is 2.54 bits per heavy atom. The fourth-order valence-corrected chi connectivity index (χ4v) is 4.41. The van der Waals surface area contributed by atoms with Crippen molar-refractivity contribution in [2.24, 2.45) is 0 Å². The third-order valence-corrected chi connectivity index (χ3v) is 6.40. The summed E-state index contributed by atoms with van der Waals surface area (Å²) in [5, 5.41) is 11.4. The molecular weight excluding hydrogens is 476 g/mol. The number of rotatable bonds is 10. The Hall–Kier alpha value is -3.72. The van der Waals surface area contributed by atoms with E-state index in [1.165, 1.54) is 4.90 Å². The van der Waals surface area contributed by atoms with Crippen molar-refractivity contribution < 1.29 is 33.6 Å². The molecule has 0 radical (unpaired) electrons. The number of unbranched alkanes of at least 4 members (excludes halogenated alkanes) is 1. The Bertz CT molecular complexity index is 1190. The molecular formula is C28H34N2O7. The summed E-state index contributed by atoms with van der Waals surface area (Å²) in [4.78, 5) is 29.9.